The molecule has 2 saturated heterocycles. The zero-order chi connectivity index (χ0) is 24.4. The normalized spacial score (nSPS) is 19.6. The van der Waals surface area contributed by atoms with Crippen LogP contribution in [0.25, 0.3) is 11.1 Å². The van der Waals surface area contributed by atoms with Gasteiger partial charge in [0.05, 0.1) is 24.2 Å². The molecule has 1 aromatic heterocycles. The first-order valence-electron chi connectivity index (χ1n) is 12.0. The van der Waals surface area contributed by atoms with Crippen molar-refractivity contribution in [3.05, 3.63) is 54.4 Å². The van der Waals surface area contributed by atoms with Gasteiger partial charge >= 0.3 is 0 Å². The summed E-state index contributed by atoms with van der Waals surface area (Å²) in [7, 11) is -3.63. The summed E-state index contributed by atoms with van der Waals surface area (Å²) >= 11 is 0. The molecule has 35 heavy (non-hydrogen) atoms. The lowest BCUT2D eigenvalue weighted by Crippen LogP contribution is -2.45. The van der Waals surface area contributed by atoms with Crippen LogP contribution in [0.5, 0.6) is 0 Å². The molecule has 0 saturated carbocycles. The van der Waals surface area contributed by atoms with Crippen LogP contribution >= 0.6 is 0 Å². The fourth-order valence-electron chi connectivity index (χ4n) is 4.68. The van der Waals surface area contributed by atoms with Crippen LogP contribution in [0.15, 0.2) is 57.8 Å². The molecule has 0 aliphatic carbocycles. The summed E-state index contributed by atoms with van der Waals surface area (Å²) in [5, 5.41) is 2.90. The van der Waals surface area contributed by atoms with Gasteiger partial charge in [-0.15, -0.1) is 0 Å². The molecule has 1 N–H and O–H groups in total. The number of sulfonamides is 1. The second kappa shape index (κ2) is 10.1. The van der Waals surface area contributed by atoms with E-state index in [1.807, 2.05) is 31.2 Å². The number of nitrogens with one attached hydrogen (secondary N) is 1. The van der Waals surface area contributed by atoms with E-state index in [-0.39, 0.29) is 22.8 Å². The van der Waals surface area contributed by atoms with E-state index in [0.717, 1.165) is 42.9 Å². The number of likely N-dealkylation sites (tertiary alicyclic amines) is 1. The predicted molar refractivity (Wildman–Crippen MR) is 132 cm³/mol. The topological polar surface area (TPSA) is 105 Å². The molecule has 9 nitrogen and oxygen atoms in total. The number of nitrogens with zero attached hydrogens (tertiary/aromatic N) is 3. The number of hydrogen-bond acceptors (Lipinski definition) is 7. The van der Waals surface area contributed by atoms with Gasteiger partial charge in [-0.3, -0.25) is 9.69 Å². The molecule has 2 aromatic carbocycles. The van der Waals surface area contributed by atoms with Crippen molar-refractivity contribution < 1.29 is 22.4 Å². The van der Waals surface area contributed by atoms with Crippen LogP contribution in [0.3, 0.4) is 0 Å². The number of amides is 1. The lowest BCUT2D eigenvalue weighted by atomic mass is 9.95. The maximum Gasteiger partial charge on any atom is 0.243 e. The quantitative estimate of drug-likeness (QED) is 0.557. The van der Waals surface area contributed by atoms with Crippen LogP contribution in [-0.4, -0.2) is 73.9 Å². The first-order chi connectivity index (χ1) is 16.9. The number of ether oxygens (including phenoxy) is 1. The third kappa shape index (κ3) is 5.11. The van der Waals surface area contributed by atoms with Crippen molar-refractivity contribution in [3.8, 4) is 0 Å². The monoisotopic (exact) mass is 498 g/mol. The van der Waals surface area contributed by atoms with Gasteiger partial charge in [0.25, 0.3) is 0 Å². The lowest BCUT2D eigenvalue weighted by molar-refractivity contribution is -0.121. The molecule has 10 heteroatoms. The molecule has 0 spiro atoms. The summed E-state index contributed by atoms with van der Waals surface area (Å²) in [6.07, 6.45) is 1.72. The molecule has 3 heterocycles. The van der Waals surface area contributed by atoms with Gasteiger partial charge in [0.2, 0.25) is 15.9 Å². The summed E-state index contributed by atoms with van der Waals surface area (Å²) in [5.41, 5.74) is 2.14. The summed E-state index contributed by atoms with van der Waals surface area (Å²) in [4.78, 5) is 19.9. The maximum atomic E-state index is 13.0. The average molecular weight is 499 g/mol. The van der Waals surface area contributed by atoms with Gasteiger partial charge in [-0.05, 0) is 63.2 Å². The number of fused-ring (bicyclic) bond motifs is 1. The van der Waals surface area contributed by atoms with E-state index >= 15 is 0 Å². The number of rotatable bonds is 6. The number of carbonyl (C=O) groups is 1. The van der Waals surface area contributed by atoms with Gasteiger partial charge in [0.15, 0.2) is 11.5 Å². The largest absolute Gasteiger partial charge is 0.440 e. The van der Waals surface area contributed by atoms with E-state index in [1.54, 1.807) is 18.2 Å². The second-order valence-corrected chi connectivity index (χ2v) is 11.0. The summed E-state index contributed by atoms with van der Waals surface area (Å²) in [5.74, 6) is 0.837. The molecular weight excluding hydrogens is 468 g/mol. The van der Waals surface area contributed by atoms with Gasteiger partial charge in [-0.25, -0.2) is 13.4 Å². The summed E-state index contributed by atoms with van der Waals surface area (Å²) < 4.78 is 38.5. The van der Waals surface area contributed by atoms with Gasteiger partial charge < -0.3 is 14.5 Å². The molecule has 2 aliphatic rings. The molecule has 5 rings (SSSR count). The number of aromatic nitrogens is 1. The molecule has 0 radical (unpaired) electrons. The zero-order valence-corrected chi connectivity index (χ0v) is 20.5. The Morgan fingerprint density at radius 3 is 2.54 bits per heavy atom. The van der Waals surface area contributed by atoms with Crippen molar-refractivity contribution in [2.45, 2.75) is 36.6 Å². The third-order valence-electron chi connectivity index (χ3n) is 6.83. The average Bonchev–Trinajstić information content (AvgIpc) is 3.33. The summed E-state index contributed by atoms with van der Waals surface area (Å²) in [6, 6.07) is 13.9. The molecule has 1 atom stereocenters. The van der Waals surface area contributed by atoms with Crippen molar-refractivity contribution >= 4 is 32.7 Å². The molecule has 186 valence electrons. The predicted octanol–water partition coefficient (Wildman–Crippen LogP) is 3.06. The van der Waals surface area contributed by atoms with Crippen molar-refractivity contribution in [2.24, 2.45) is 0 Å². The van der Waals surface area contributed by atoms with Crippen LogP contribution in [0.2, 0.25) is 0 Å². The standard InChI is InChI=1S/C25H30N4O5S/c1-18(28-11-9-19(10-12-28)25-27-22-7-2-3-8-23(22)34-25)24(30)26-20-5-4-6-21(17-20)35(31,32)29-13-15-33-16-14-29/h2-8,17-19H,9-16H2,1H3,(H,26,30)/t18-/m1/s1. The van der Waals surface area contributed by atoms with Gasteiger partial charge in [0, 0.05) is 24.7 Å². The van der Waals surface area contributed by atoms with Crippen molar-refractivity contribution in [1.29, 1.82) is 0 Å². The highest BCUT2D eigenvalue weighted by Gasteiger charge is 2.30. The molecule has 2 fully saturated rings. The number of hydrogen-bond donors (Lipinski definition) is 1. The highest BCUT2D eigenvalue weighted by Crippen LogP contribution is 2.30. The molecular formula is C25H30N4O5S. The molecule has 1 amide bonds. The number of oxazole rings is 1. The minimum absolute atomic E-state index is 0.161. The van der Waals surface area contributed by atoms with Gasteiger partial charge in [0.1, 0.15) is 5.52 Å². The van der Waals surface area contributed by atoms with E-state index in [1.165, 1.54) is 10.4 Å². The van der Waals surface area contributed by atoms with Crippen molar-refractivity contribution in [1.82, 2.24) is 14.2 Å². The minimum Gasteiger partial charge on any atom is -0.440 e. The highest BCUT2D eigenvalue weighted by molar-refractivity contribution is 7.89. The summed E-state index contributed by atoms with van der Waals surface area (Å²) in [6.45, 7) is 4.81. The lowest BCUT2D eigenvalue weighted by Gasteiger charge is -2.34. The fourth-order valence-corrected chi connectivity index (χ4v) is 6.14. The Kier molecular flexibility index (Phi) is 6.88. The van der Waals surface area contributed by atoms with Crippen LogP contribution < -0.4 is 5.32 Å². The molecule has 3 aromatic rings. The number of morpholine rings is 1. The SMILES string of the molecule is C[C@H](C(=O)Nc1cccc(S(=O)(=O)N2CCOCC2)c1)N1CCC(c2nc3ccccc3o2)CC1. The number of carbonyl (C=O) groups excluding carboxylic acids is 1. The Labute approximate surface area is 205 Å². The number of anilines is 1. The molecule has 0 bridgehead atoms. The first-order valence-corrected chi connectivity index (χ1v) is 13.4. The van der Waals surface area contributed by atoms with E-state index < -0.39 is 10.0 Å². The van der Waals surface area contributed by atoms with Gasteiger partial charge in [-0.2, -0.15) is 4.31 Å². The Morgan fingerprint density at radius 2 is 1.80 bits per heavy atom. The van der Waals surface area contributed by atoms with Crippen molar-refractivity contribution in [3.63, 3.8) is 0 Å². The third-order valence-corrected chi connectivity index (χ3v) is 8.72. The number of benzene rings is 2. The Balaban J connectivity index is 1.19. The molecule has 2 aliphatic heterocycles. The van der Waals surface area contributed by atoms with Crippen LogP contribution in [0, 0.1) is 0 Å². The minimum atomic E-state index is -3.63. The van der Waals surface area contributed by atoms with E-state index in [2.05, 4.69) is 15.2 Å². The van der Waals surface area contributed by atoms with Gasteiger partial charge in [-0.1, -0.05) is 18.2 Å². The van der Waals surface area contributed by atoms with Crippen LogP contribution in [0.1, 0.15) is 31.6 Å². The van der Waals surface area contributed by atoms with Crippen molar-refractivity contribution in [2.75, 3.05) is 44.7 Å². The number of piperidine rings is 1. The fraction of sp³-hybridized carbons (Fsp3) is 0.440. The van der Waals surface area contributed by atoms with E-state index in [4.69, 9.17) is 9.15 Å². The Bertz CT molecular complexity index is 1260. The number of para-hydroxylation sites is 2. The smallest absolute Gasteiger partial charge is 0.243 e. The molecule has 0 unspecified atom stereocenters. The van der Waals surface area contributed by atoms with E-state index in [9.17, 15) is 13.2 Å². The first kappa shape index (κ1) is 23.9. The zero-order valence-electron chi connectivity index (χ0n) is 19.7. The Hall–Kier alpha value is -2.79. The van der Waals surface area contributed by atoms with Crippen LogP contribution in [0.4, 0.5) is 5.69 Å². The maximum absolute atomic E-state index is 13.0. The van der Waals surface area contributed by atoms with E-state index in [0.29, 0.717) is 32.0 Å². The highest BCUT2D eigenvalue weighted by atomic mass is 32.2. The Morgan fingerprint density at radius 1 is 1.06 bits per heavy atom. The second-order valence-electron chi connectivity index (χ2n) is 9.04. The van der Waals surface area contributed by atoms with Crippen LogP contribution in [-0.2, 0) is 19.6 Å².